The Bertz CT molecular complexity index is 1080. The molecule has 2 aromatic heterocycles. The van der Waals surface area contributed by atoms with Crippen molar-refractivity contribution in [2.75, 3.05) is 18.9 Å². The van der Waals surface area contributed by atoms with Crippen molar-refractivity contribution in [1.29, 1.82) is 0 Å². The number of anilines is 1. The molecular weight excluding hydrogens is 414 g/mol. The highest BCUT2D eigenvalue weighted by atomic mass is 16.7. The van der Waals surface area contributed by atoms with E-state index in [4.69, 9.17) is 31.5 Å². The Kier molecular flexibility index (Phi) is 9.43. The normalized spacial score (nSPS) is 10.9. The molecule has 0 aliphatic rings. The van der Waals surface area contributed by atoms with Crippen LogP contribution in [0.3, 0.4) is 0 Å². The minimum absolute atomic E-state index is 0.450. The van der Waals surface area contributed by atoms with Crippen molar-refractivity contribution in [3.8, 4) is 0 Å². The van der Waals surface area contributed by atoms with Crippen LogP contribution in [0.15, 0.2) is 36.4 Å². The third-order valence-electron chi connectivity index (χ3n) is 4.49. The second kappa shape index (κ2) is 12.3. The molecule has 0 fully saturated rings. The summed E-state index contributed by atoms with van der Waals surface area (Å²) in [7, 11) is 0. The average molecular weight is 444 g/mol. The van der Waals surface area contributed by atoms with Gasteiger partial charge in [-0.15, -0.1) is 0 Å². The smallest absolute Gasteiger partial charge is 0.328 e. The van der Waals surface area contributed by atoms with Crippen molar-refractivity contribution in [2.24, 2.45) is 5.73 Å². The molecule has 6 N–H and O–H groups in total. The van der Waals surface area contributed by atoms with Crippen molar-refractivity contribution in [1.82, 2.24) is 14.7 Å². The first-order chi connectivity index (χ1) is 15.4. The number of aromatic nitrogens is 3. The fraction of sp³-hybridized carbons (Fsp3) is 0.364. The van der Waals surface area contributed by atoms with Gasteiger partial charge >= 0.3 is 11.9 Å². The third kappa shape index (κ3) is 6.67. The third-order valence-corrected chi connectivity index (χ3v) is 4.49. The second-order valence-electron chi connectivity index (χ2n) is 6.98. The number of benzene rings is 1. The van der Waals surface area contributed by atoms with Gasteiger partial charge in [0.25, 0.3) is 0 Å². The summed E-state index contributed by atoms with van der Waals surface area (Å²) in [4.78, 5) is 34.4. The van der Waals surface area contributed by atoms with Crippen LogP contribution in [0.25, 0.3) is 21.9 Å². The number of hydrogen-bond donors (Lipinski definition) is 4. The van der Waals surface area contributed by atoms with E-state index in [0.717, 1.165) is 59.9 Å². The Balaban J connectivity index is 0.000000390. The molecule has 2 heterocycles. The number of pyridine rings is 1. The highest BCUT2D eigenvalue weighted by Crippen LogP contribution is 2.28. The number of hydrogen-bond acceptors (Lipinski definition) is 7. The van der Waals surface area contributed by atoms with Crippen LogP contribution >= 0.6 is 0 Å². The predicted octanol–water partition coefficient (Wildman–Crippen LogP) is 2.39. The van der Waals surface area contributed by atoms with Crippen molar-refractivity contribution in [3.05, 3.63) is 42.2 Å². The highest BCUT2D eigenvalue weighted by Gasteiger charge is 2.18. The van der Waals surface area contributed by atoms with Crippen LogP contribution in [0.5, 0.6) is 0 Å². The van der Waals surface area contributed by atoms with E-state index in [1.165, 1.54) is 0 Å². The van der Waals surface area contributed by atoms with Gasteiger partial charge in [0, 0.05) is 24.0 Å². The summed E-state index contributed by atoms with van der Waals surface area (Å²) in [5, 5.41) is 16.6. The molecule has 0 amide bonds. The number of carboxylic acid groups (broad SMARTS) is 2. The number of aliphatic carboxylic acids is 2. The van der Waals surface area contributed by atoms with E-state index >= 15 is 0 Å². The van der Waals surface area contributed by atoms with Crippen LogP contribution in [0.1, 0.15) is 38.4 Å². The Hall–Kier alpha value is -3.66. The van der Waals surface area contributed by atoms with Crippen molar-refractivity contribution in [3.63, 3.8) is 0 Å². The molecular formula is C22H29N5O5. The molecule has 1 aromatic carbocycles. The molecule has 0 aliphatic heterocycles. The number of nitrogens with two attached hydrogens (primary N) is 2. The van der Waals surface area contributed by atoms with Crippen LogP contribution in [0, 0.1) is 0 Å². The Labute approximate surface area is 185 Å². The van der Waals surface area contributed by atoms with E-state index in [0.29, 0.717) is 31.1 Å². The van der Waals surface area contributed by atoms with E-state index in [-0.39, 0.29) is 0 Å². The molecule has 10 nitrogen and oxygen atoms in total. The fourth-order valence-corrected chi connectivity index (χ4v) is 3.00. The number of fused-ring (bicyclic) bond motifs is 3. The van der Waals surface area contributed by atoms with Crippen LogP contribution in [-0.2, 0) is 16.0 Å². The number of aryl methyl sites for hydroxylation is 1. The summed E-state index contributed by atoms with van der Waals surface area (Å²) in [5.41, 5.74) is 14.2. The summed E-state index contributed by atoms with van der Waals surface area (Å²) in [5.74, 6) is -1.16. The van der Waals surface area contributed by atoms with E-state index in [1.54, 1.807) is 0 Å². The van der Waals surface area contributed by atoms with E-state index in [2.05, 4.69) is 11.9 Å². The number of nitrogen functional groups attached to an aromatic ring is 1. The molecule has 0 saturated heterocycles. The van der Waals surface area contributed by atoms with Gasteiger partial charge in [-0.2, -0.15) is 4.73 Å². The molecule has 172 valence electrons. The second-order valence-corrected chi connectivity index (χ2v) is 6.98. The van der Waals surface area contributed by atoms with Gasteiger partial charge in [-0.1, -0.05) is 31.5 Å². The predicted molar refractivity (Wildman–Crippen MR) is 122 cm³/mol. The molecule has 0 radical (unpaired) electrons. The molecule has 0 bridgehead atoms. The van der Waals surface area contributed by atoms with Gasteiger partial charge in [0.15, 0.2) is 5.82 Å². The summed E-state index contributed by atoms with van der Waals surface area (Å²) >= 11 is 0. The molecule has 0 atom stereocenters. The largest absolute Gasteiger partial charge is 0.478 e. The van der Waals surface area contributed by atoms with Crippen LogP contribution in [0.4, 0.5) is 5.82 Å². The molecule has 0 saturated carbocycles. The molecule has 3 aromatic rings. The van der Waals surface area contributed by atoms with E-state index in [1.807, 2.05) is 29.0 Å². The topological polar surface area (TPSA) is 167 Å². The number of carbonyl (C=O) groups is 2. The first-order valence-electron chi connectivity index (χ1n) is 10.4. The Morgan fingerprint density at radius 1 is 1.09 bits per heavy atom. The van der Waals surface area contributed by atoms with Gasteiger partial charge in [-0.25, -0.2) is 19.6 Å². The van der Waals surface area contributed by atoms with Crippen molar-refractivity contribution >= 4 is 39.7 Å². The molecule has 0 spiro atoms. The number of nitrogens with zero attached hydrogens (tertiary/aromatic N) is 3. The van der Waals surface area contributed by atoms with Crippen molar-refractivity contribution in [2.45, 2.75) is 39.0 Å². The Morgan fingerprint density at radius 2 is 1.78 bits per heavy atom. The Morgan fingerprint density at radius 3 is 2.41 bits per heavy atom. The SMILES string of the molecule is CCCCc1nc2c(N)nc3ccccc3c2n1OCCCCN.O=C(O)/C=C/C(=O)O. The fourth-order valence-electron chi connectivity index (χ4n) is 3.00. The number of carboxylic acids is 2. The quantitative estimate of drug-likeness (QED) is 0.272. The summed E-state index contributed by atoms with van der Waals surface area (Å²) in [6, 6.07) is 7.95. The zero-order valence-corrected chi connectivity index (χ0v) is 18.0. The minimum atomic E-state index is -1.26. The molecule has 10 heteroatoms. The first kappa shape index (κ1) is 24.6. The highest BCUT2D eigenvalue weighted by molar-refractivity contribution is 6.06. The van der Waals surface area contributed by atoms with Gasteiger partial charge in [-0.3, -0.25) is 0 Å². The van der Waals surface area contributed by atoms with Gasteiger partial charge in [-0.05, 0) is 31.9 Å². The maximum absolute atomic E-state index is 9.55. The lowest BCUT2D eigenvalue weighted by atomic mass is 10.2. The van der Waals surface area contributed by atoms with Crippen LogP contribution < -0.4 is 16.3 Å². The van der Waals surface area contributed by atoms with Gasteiger partial charge in [0.1, 0.15) is 23.5 Å². The first-order valence-corrected chi connectivity index (χ1v) is 10.4. The van der Waals surface area contributed by atoms with Gasteiger partial charge in [0.05, 0.1) is 5.52 Å². The average Bonchev–Trinajstić information content (AvgIpc) is 3.13. The number of imidazole rings is 1. The monoisotopic (exact) mass is 443 g/mol. The number of unbranched alkanes of at least 4 members (excludes halogenated alkanes) is 2. The van der Waals surface area contributed by atoms with Gasteiger partial charge in [0.2, 0.25) is 0 Å². The lowest BCUT2D eigenvalue weighted by Gasteiger charge is -2.12. The maximum Gasteiger partial charge on any atom is 0.328 e. The van der Waals surface area contributed by atoms with Crippen molar-refractivity contribution < 1.29 is 24.6 Å². The standard InChI is InChI=1S/C18H25N5O.C4H4O4/c1-2-3-10-15-22-16-17(23(15)24-12-7-6-11-19)13-8-4-5-9-14(13)21-18(16)20;5-3(6)1-2-4(7)8/h4-5,8-9H,2-3,6-7,10-12,19H2,1H3,(H2,20,21);1-2H,(H,5,6)(H,7,8)/b;2-1+. The molecule has 0 aliphatic carbocycles. The zero-order valence-electron chi connectivity index (χ0n) is 18.0. The maximum atomic E-state index is 9.55. The molecule has 32 heavy (non-hydrogen) atoms. The van der Waals surface area contributed by atoms with Crippen LogP contribution in [-0.4, -0.2) is 50.0 Å². The lowest BCUT2D eigenvalue weighted by molar-refractivity contribution is -0.134. The van der Waals surface area contributed by atoms with E-state index < -0.39 is 11.9 Å². The van der Waals surface area contributed by atoms with E-state index in [9.17, 15) is 9.59 Å². The van der Waals surface area contributed by atoms with Crippen LogP contribution in [0.2, 0.25) is 0 Å². The number of para-hydroxylation sites is 1. The lowest BCUT2D eigenvalue weighted by Crippen LogP contribution is -2.17. The summed E-state index contributed by atoms with van der Waals surface area (Å²) in [6.07, 6.45) is 6.00. The number of rotatable bonds is 10. The minimum Gasteiger partial charge on any atom is -0.478 e. The molecule has 0 unspecified atom stereocenters. The zero-order chi connectivity index (χ0) is 23.5. The van der Waals surface area contributed by atoms with Gasteiger partial charge < -0.3 is 26.5 Å². The summed E-state index contributed by atoms with van der Waals surface area (Å²) < 4.78 is 1.86. The molecule has 3 rings (SSSR count). The summed E-state index contributed by atoms with van der Waals surface area (Å²) in [6.45, 7) is 3.45.